The monoisotopic (exact) mass is 276 g/mol. The molecule has 0 nitrogen and oxygen atoms in total. The van der Waals surface area contributed by atoms with Crippen molar-refractivity contribution < 1.29 is 13.2 Å². The predicted molar refractivity (Wildman–Crippen MR) is 72.0 cm³/mol. The van der Waals surface area contributed by atoms with Crippen molar-refractivity contribution in [2.24, 2.45) is 0 Å². The minimum atomic E-state index is -4.07. The zero-order valence-electron chi connectivity index (χ0n) is 11.0. The number of halogens is 3. The van der Waals surface area contributed by atoms with Gasteiger partial charge in [-0.05, 0) is 35.3 Å². The molecule has 0 aliphatic rings. The quantitative estimate of drug-likeness (QED) is 0.718. The third-order valence-electron chi connectivity index (χ3n) is 2.67. The first-order chi connectivity index (χ1) is 8.28. The topological polar surface area (TPSA) is 0 Å². The molecule has 0 aromatic heterocycles. The number of thioether (sulfide) groups is 1. The summed E-state index contributed by atoms with van der Waals surface area (Å²) < 4.78 is 36.7. The maximum atomic E-state index is 12.2. The molecule has 0 aliphatic heterocycles. The van der Waals surface area contributed by atoms with Crippen molar-refractivity contribution in [1.29, 1.82) is 0 Å². The fourth-order valence-corrected chi connectivity index (χ4v) is 2.33. The number of rotatable bonds is 5. The predicted octanol–water partition coefficient (Wildman–Crippen LogP) is 5.13. The Morgan fingerprint density at radius 2 is 1.89 bits per heavy atom. The first-order valence-electron chi connectivity index (χ1n) is 6.04. The van der Waals surface area contributed by atoms with Gasteiger partial charge in [-0.1, -0.05) is 32.0 Å². The molecule has 1 rings (SSSR count). The van der Waals surface area contributed by atoms with Crippen LogP contribution in [0.2, 0.25) is 0 Å². The molecule has 1 aromatic rings. The second kappa shape index (κ2) is 6.50. The summed E-state index contributed by atoms with van der Waals surface area (Å²) in [6.45, 7) is 6.10. The zero-order valence-corrected chi connectivity index (χ0v) is 11.8. The van der Waals surface area contributed by atoms with Crippen molar-refractivity contribution >= 4 is 11.8 Å². The lowest BCUT2D eigenvalue weighted by atomic mass is 10.0. The van der Waals surface area contributed by atoms with Crippen LogP contribution in [0.25, 0.3) is 0 Å². The van der Waals surface area contributed by atoms with E-state index in [-0.39, 0.29) is 6.42 Å². The molecule has 0 N–H and O–H groups in total. The normalized spacial score (nSPS) is 12.2. The van der Waals surface area contributed by atoms with E-state index in [0.29, 0.717) is 5.25 Å². The molecular formula is C14H19F3S. The summed E-state index contributed by atoms with van der Waals surface area (Å²) in [5, 5.41) is 0.532. The van der Waals surface area contributed by atoms with E-state index in [4.69, 9.17) is 0 Å². The molecule has 0 heterocycles. The van der Waals surface area contributed by atoms with Crippen molar-refractivity contribution in [2.45, 2.75) is 50.8 Å². The molecule has 18 heavy (non-hydrogen) atoms. The SMILES string of the molecule is Cc1ccc(CSC(C)C)cc1CCC(F)(F)F. The number of hydrogen-bond acceptors (Lipinski definition) is 1. The third kappa shape index (κ3) is 5.80. The van der Waals surface area contributed by atoms with Crippen molar-refractivity contribution in [1.82, 2.24) is 0 Å². The van der Waals surface area contributed by atoms with E-state index >= 15 is 0 Å². The molecule has 4 heteroatoms. The second-order valence-corrected chi connectivity index (χ2v) is 6.30. The minimum absolute atomic E-state index is 0.0789. The average Bonchev–Trinajstić information content (AvgIpc) is 2.25. The van der Waals surface area contributed by atoms with Crippen molar-refractivity contribution in [3.63, 3.8) is 0 Å². The Balaban J connectivity index is 2.69. The van der Waals surface area contributed by atoms with Gasteiger partial charge in [0, 0.05) is 12.2 Å². The standard InChI is InChI=1S/C14H19F3S/c1-10(2)18-9-12-5-4-11(3)13(8-12)6-7-14(15,16)17/h4-5,8,10H,6-7,9H2,1-3H3. The van der Waals surface area contributed by atoms with Crippen molar-refractivity contribution in [2.75, 3.05) is 0 Å². The Bertz CT molecular complexity index is 383. The minimum Gasteiger partial charge on any atom is -0.171 e. The molecule has 0 amide bonds. The van der Waals surface area contributed by atoms with Crippen LogP contribution in [0.3, 0.4) is 0 Å². The van der Waals surface area contributed by atoms with Crippen LogP contribution < -0.4 is 0 Å². The molecular weight excluding hydrogens is 257 g/mol. The Morgan fingerprint density at radius 1 is 1.22 bits per heavy atom. The maximum absolute atomic E-state index is 12.2. The van der Waals surface area contributed by atoms with Crippen LogP contribution in [-0.2, 0) is 12.2 Å². The van der Waals surface area contributed by atoms with E-state index in [1.165, 1.54) is 0 Å². The van der Waals surface area contributed by atoms with Gasteiger partial charge >= 0.3 is 6.18 Å². The van der Waals surface area contributed by atoms with Gasteiger partial charge in [0.25, 0.3) is 0 Å². The molecule has 0 aliphatic carbocycles. The number of hydrogen-bond donors (Lipinski definition) is 0. The molecule has 1 aromatic carbocycles. The van der Waals surface area contributed by atoms with E-state index in [2.05, 4.69) is 13.8 Å². The fraction of sp³-hybridized carbons (Fsp3) is 0.571. The van der Waals surface area contributed by atoms with Crippen LogP contribution in [0.4, 0.5) is 13.2 Å². The summed E-state index contributed by atoms with van der Waals surface area (Å²) in [6, 6.07) is 5.83. The van der Waals surface area contributed by atoms with Crippen molar-refractivity contribution in [3.8, 4) is 0 Å². The zero-order chi connectivity index (χ0) is 13.8. The number of alkyl halides is 3. The molecule has 0 saturated carbocycles. The van der Waals surface area contributed by atoms with Crippen LogP contribution in [0.15, 0.2) is 18.2 Å². The van der Waals surface area contributed by atoms with E-state index in [1.54, 1.807) is 11.8 Å². The van der Waals surface area contributed by atoms with Gasteiger partial charge in [0.2, 0.25) is 0 Å². The van der Waals surface area contributed by atoms with Crippen LogP contribution in [-0.4, -0.2) is 11.4 Å². The van der Waals surface area contributed by atoms with E-state index in [9.17, 15) is 13.2 Å². The Hall–Kier alpha value is -0.640. The summed E-state index contributed by atoms with van der Waals surface area (Å²) in [7, 11) is 0. The van der Waals surface area contributed by atoms with Gasteiger partial charge in [-0.25, -0.2) is 0 Å². The fourth-order valence-electron chi connectivity index (χ4n) is 1.62. The van der Waals surface area contributed by atoms with Gasteiger partial charge in [-0.2, -0.15) is 24.9 Å². The first-order valence-corrected chi connectivity index (χ1v) is 7.09. The summed E-state index contributed by atoms with van der Waals surface area (Å²) in [5.41, 5.74) is 2.86. The molecule has 0 bridgehead atoms. The largest absolute Gasteiger partial charge is 0.389 e. The molecule has 0 radical (unpaired) electrons. The summed E-state index contributed by atoms with van der Waals surface area (Å²) in [5.74, 6) is 0.858. The second-order valence-electron chi connectivity index (χ2n) is 4.74. The van der Waals surface area contributed by atoms with Gasteiger partial charge in [0.05, 0.1) is 0 Å². The maximum Gasteiger partial charge on any atom is 0.389 e. The average molecular weight is 276 g/mol. The Morgan fingerprint density at radius 3 is 2.44 bits per heavy atom. The van der Waals surface area contributed by atoms with E-state index < -0.39 is 12.6 Å². The molecule has 102 valence electrons. The number of aryl methyl sites for hydroxylation is 2. The molecule has 0 saturated heterocycles. The van der Waals surface area contributed by atoms with Crippen LogP contribution >= 0.6 is 11.8 Å². The van der Waals surface area contributed by atoms with Gasteiger partial charge in [0.1, 0.15) is 0 Å². The summed E-state index contributed by atoms with van der Waals surface area (Å²) >= 11 is 1.80. The van der Waals surface area contributed by atoms with Gasteiger partial charge in [-0.3, -0.25) is 0 Å². The van der Waals surface area contributed by atoms with Crippen LogP contribution in [0.1, 0.15) is 37.0 Å². The van der Waals surface area contributed by atoms with E-state index in [0.717, 1.165) is 22.4 Å². The lowest BCUT2D eigenvalue weighted by Crippen LogP contribution is -2.09. The van der Waals surface area contributed by atoms with E-state index in [1.807, 2.05) is 25.1 Å². The highest BCUT2D eigenvalue weighted by Crippen LogP contribution is 2.25. The lowest BCUT2D eigenvalue weighted by Gasteiger charge is -2.11. The van der Waals surface area contributed by atoms with Crippen LogP contribution in [0, 0.1) is 6.92 Å². The molecule has 0 spiro atoms. The van der Waals surface area contributed by atoms with Crippen LogP contribution in [0.5, 0.6) is 0 Å². The summed E-state index contributed by atoms with van der Waals surface area (Å²) in [6.07, 6.45) is -4.74. The Kier molecular flexibility index (Phi) is 5.57. The third-order valence-corrected chi connectivity index (χ3v) is 3.84. The molecule has 0 fully saturated rings. The van der Waals surface area contributed by atoms with Crippen molar-refractivity contribution in [3.05, 3.63) is 34.9 Å². The van der Waals surface area contributed by atoms with Gasteiger partial charge in [0.15, 0.2) is 0 Å². The highest BCUT2D eigenvalue weighted by atomic mass is 32.2. The first kappa shape index (κ1) is 15.4. The highest BCUT2D eigenvalue weighted by Gasteiger charge is 2.26. The molecule has 0 atom stereocenters. The van der Waals surface area contributed by atoms with Gasteiger partial charge in [-0.15, -0.1) is 0 Å². The Labute approximate surface area is 111 Å². The lowest BCUT2D eigenvalue weighted by molar-refractivity contribution is -0.134. The summed E-state index contributed by atoms with van der Waals surface area (Å²) in [4.78, 5) is 0. The number of benzene rings is 1. The smallest absolute Gasteiger partial charge is 0.171 e. The highest BCUT2D eigenvalue weighted by molar-refractivity contribution is 7.99. The molecule has 0 unspecified atom stereocenters. The van der Waals surface area contributed by atoms with Gasteiger partial charge < -0.3 is 0 Å².